The molecular weight excluding hydrogens is 290 g/mol. The van der Waals surface area contributed by atoms with E-state index in [0.717, 1.165) is 12.1 Å². The molecule has 3 nitrogen and oxygen atoms in total. The van der Waals surface area contributed by atoms with Gasteiger partial charge in [0.15, 0.2) is 0 Å². The summed E-state index contributed by atoms with van der Waals surface area (Å²) in [4.78, 5) is 0. The number of rotatable bonds is 1. The summed E-state index contributed by atoms with van der Waals surface area (Å²) in [5.74, 6) is -1.12. The summed E-state index contributed by atoms with van der Waals surface area (Å²) in [5, 5.41) is 10.4. The summed E-state index contributed by atoms with van der Waals surface area (Å²) < 4.78 is 56.2. The number of alkyl halides is 3. The van der Waals surface area contributed by atoms with Crippen molar-refractivity contribution in [1.29, 1.82) is 0 Å². The minimum absolute atomic E-state index is 0.0248. The van der Waals surface area contributed by atoms with Crippen molar-refractivity contribution in [3.63, 3.8) is 0 Å². The Hall–Kier alpha value is -1.18. The molecule has 0 aromatic heterocycles. The third-order valence-electron chi connectivity index (χ3n) is 3.30. The highest BCUT2D eigenvalue weighted by molar-refractivity contribution is 5.32. The van der Waals surface area contributed by atoms with Gasteiger partial charge in [-0.05, 0) is 12.1 Å². The van der Waals surface area contributed by atoms with Crippen LogP contribution in [0.4, 0.5) is 17.6 Å². The van der Waals surface area contributed by atoms with Crippen molar-refractivity contribution >= 4 is 0 Å². The van der Waals surface area contributed by atoms with Crippen LogP contribution >= 0.6 is 0 Å². The standard InChI is InChI=1S/C12H13F4NO2.C2H6/c13-9-5-7(12(14,15)16)1-2-8(9)11(18)3-4-19-6-10(11)17;1-2/h1-2,5,10,18H,3-4,6,17H2;1-2H3. The maximum absolute atomic E-state index is 13.8. The Morgan fingerprint density at radius 1 is 1.33 bits per heavy atom. The Labute approximate surface area is 120 Å². The Bertz CT molecular complexity index is 479. The zero-order chi connectivity index (χ0) is 16.3. The highest BCUT2D eigenvalue weighted by Crippen LogP contribution is 2.36. The monoisotopic (exact) mass is 309 g/mol. The van der Waals surface area contributed by atoms with Crippen molar-refractivity contribution in [2.45, 2.75) is 38.1 Å². The molecule has 0 saturated carbocycles. The molecule has 2 unspecified atom stereocenters. The predicted molar refractivity (Wildman–Crippen MR) is 70.1 cm³/mol. The minimum Gasteiger partial charge on any atom is -0.383 e. The van der Waals surface area contributed by atoms with Gasteiger partial charge in [0, 0.05) is 18.6 Å². The molecular formula is C14H19F4NO2. The smallest absolute Gasteiger partial charge is 0.383 e. The number of hydrogen-bond donors (Lipinski definition) is 2. The Morgan fingerprint density at radius 2 is 1.95 bits per heavy atom. The quantitative estimate of drug-likeness (QED) is 0.784. The van der Waals surface area contributed by atoms with Crippen LogP contribution in [0.5, 0.6) is 0 Å². The largest absolute Gasteiger partial charge is 0.416 e. The molecule has 7 heteroatoms. The summed E-state index contributed by atoms with van der Waals surface area (Å²) in [6.07, 6.45) is -4.59. The fraction of sp³-hybridized carbons (Fsp3) is 0.571. The molecule has 1 aromatic carbocycles. The second-order valence-electron chi connectivity index (χ2n) is 4.55. The molecule has 2 rings (SSSR count). The lowest BCUT2D eigenvalue weighted by molar-refractivity contribution is -0.138. The van der Waals surface area contributed by atoms with E-state index in [1.165, 1.54) is 0 Å². The molecule has 120 valence electrons. The molecule has 0 bridgehead atoms. The highest BCUT2D eigenvalue weighted by atomic mass is 19.4. The van der Waals surface area contributed by atoms with E-state index in [0.29, 0.717) is 6.07 Å². The molecule has 0 spiro atoms. The lowest BCUT2D eigenvalue weighted by Crippen LogP contribution is -2.52. The van der Waals surface area contributed by atoms with Gasteiger partial charge in [-0.2, -0.15) is 13.2 Å². The number of aliphatic hydroxyl groups is 1. The first-order valence-electron chi connectivity index (χ1n) is 6.68. The van der Waals surface area contributed by atoms with Crippen LogP contribution in [0.2, 0.25) is 0 Å². The summed E-state index contributed by atoms with van der Waals surface area (Å²) >= 11 is 0. The molecule has 1 aromatic rings. The molecule has 1 saturated heterocycles. The number of halogens is 4. The highest BCUT2D eigenvalue weighted by Gasteiger charge is 2.42. The summed E-state index contributed by atoms with van der Waals surface area (Å²) in [6, 6.07) is 1.16. The molecule has 0 aliphatic carbocycles. The van der Waals surface area contributed by atoms with Gasteiger partial charge in [0.1, 0.15) is 11.4 Å². The number of benzene rings is 1. The first kappa shape index (κ1) is 17.9. The van der Waals surface area contributed by atoms with Crippen molar-refractivity contribution in [2.75, 3.05) is 13.2 Å². The van der Waals surface area contributed by atoms with Crippen LogP contribution in [0.15, 0.2) is 18.2 Å². The van der Waals surface area contributed by atoms with Crippen LogP contribution in [-0.4, -0.2) is 24.4 Å². The summed E-state index contributed by atoms with van der Waals surface area (Å²) in [6.45, 7) is 4.20. The molecule has 1 aliphatic rings. The van der Waals surface area contributed by atoms with Crippen LogP contribution in [0.3, 0.4) is 0 Å². The van der Waals surface area contributed by atoms with Crippen molar-refractivity contribution in [3.8, 4) is 0 Å². The first-order valence-corrected chi connectivity index (χ1v) is 6.68. The molecule has 0 radical (unpaired) electrons. The van der Waals surface area contributed by atoms with E-state index in [4.69, 9.17) is 10.5 Å². The number of nitrogens with two attached hydrogens (primary N) is 1. The van der Waals surface area contributed by atoms with E-state index >= 15 is 0 Å². The average molecular weight is 309 g/mol. The zero-order valence-corrected chi connectivity index (χ0v) is 11.9. The van der Waals surface area contributed by atoms with Gasteiger partial charge in [0.25, 0.3) is 0 Å². The van der Waals surface area contributed by atoms with Crippen LogP contribution in [0.25, 0.3) is 0 Å². The molecule has 3 N–H and O–H groups in total. The zero-order valence-electron chi connectivity index (χ0n) is 11.9. The van der Waals surface area contributed by atoms with E-state index in [-0.39, 0.29) is 25.2 Å². The Morgan fingerprint density at radius 3 is 2.43 bits per heavy atom. The second kappa shape index (κ2) is 6.72. The van der Waals surface area contributed by atoms with E-state index < -0.39 is 29.2 Å². The topological polar surface area (TPSA) is 55.5 Å². The van der Waals surface area contributed by atoms with Gasteiger partial charge in [-0.1, -0.05) is 19.9 Å². The molecule has 21 heavy (non-hydrogen) atoms. The average Bonchev–Trinajstić information content (AvgIpc) is 2.43. The third kappa shape index (κ3) is 3.72. The van der Waals surface area contributed by atoms with E-state index in [9.17, 15) is 22.7 Å². The summed E-state index contributed by atoms with van der Waals surface area (Å²) in [5.41, 5.74) is 2.65. The van der Waals surface area contributed by atoms with Gasteiger partial charge in [-0.15, -0.1) is 0 Å². The van der Waals surface area contributed by atoms with E-state index in [1.54, 1.807) is 0 Å². The van der Waals surface area contributed by atoms with Crippen molar-refractivity contribution in [3.05, 3.63) is 35.1 Å². The lowest BCUT2D eigenvalue weighted by Gasteiger charge is -2.38. The molecule has 2 atom stereocenters. The van der Waals surface area contributed by atoms with E-state index in [1.807, 2.05) is 13.8 Å². The van der Waals surface area contributed by atoms with Crippen LogP contribution in [0.1, 0.15) is 31.4 Å². The van der Waals surface area contributed by atoms with Gasteiger partial charge in [0.05, 0.1) is 18.2 Å². The fourth-order valence-corrected chi connectivity index (χ4v) is 2.14. The molecule has 1 fully saturated rings. The Kier molecular flexibility index (Phi) is 5.72. The predicted octanol–water partition coefficient (Wildman–Crippen LogP) is 2.81. The Balaban J connectivity index is 0.00000106. The SMILES string of the molecule is CC.NC1COCCC1(O)c1ccc(C(F)(F)F)cc1F. The van der Waals surface area contributed by atoms with Gasteiger partial charge in [-0.25, -0.2) is 4.39 Å². The fourth-order valence-electron chi connectivity index (χ4n) is 2.14. The van der Waals surface area contributed by atoms with Gasteiger partial charge in [0.2, 0.25) is 0 Å². The van der Waals surface area contributed by atoms with Crippen LogP contribution in [0, 0.1) is 5.82 Å². The van der Waals surface area contributed by atoms with Crippen molar-refractivity contribution < 1.29 is 27.4 Å². The van der Waals surface area contributed by atoms with Gasteiger partial charge < -0.3 is 15.6 Å². The molecule has 1 heterocycles. The number of hydrogen-bond acceptors (Lipinski definition) is 3. The second-order valence-corrected chi connectivity index (χ2v) is 4.55. The summed E-state index contributed by atoms with van der Waals surface area (Å²) in [7, 11) is 0. The third-order valence-corrected chi connectivity index (χ3v) is 3.30. The lowest BCUT2D eigenvalue weighted by atomic mass is 9.82. The van der Waals surface area contributed by atoms with Gasteiger partial charge >= 0.3 is 6.18 Å². The normalized spacial score (nSPS) is 26.0. The minimum atomic E-state index is -4.63. The maximum atomic E-state index is 13.8. The van der Waals surface area contributed by atoms with Crippen molar-refractivity contribution in [1.82, 2.24) is 0 Å². The van der Waals surface area contributed by atoms with Gasteiger partial charge in [-0.3, -0.25) is 0 Å². The van der Waals surface area contributed by atoms with E-state index in [2.05, 4.69) is 0 Å². The molecule has 1 aliphatic heterocycles. The molecule has 0 amide bonds. The van der Waals surface area contributed by atoms with Crippen LogP contribution < -0.4 is 5.73 Å². The van der Waals surface area contributed by atoms with Crippen LogP contribution in [-0.2, 0) is 16.5 Å². The van der Waals surface area contributed by atoms with Crippen molar-refractivity contribution in [2.24, 2.45) is 5.73 Å². The number of ether oxygens (including phenoxy) is 1. The maximum Gasteiger partial charge on any atom is 0.416 e. The first-order chi connectivity index (χ1) is 9.75.